The van der Waals surface area contributed by atoms with Crippen LogP contribution in [0, 0.1) is 20.8 Å². The van der Waals surface area contributed by atoms with Crippen molar-refractivity contribution in [3.63, 3.8) is 0 Å². The molecule has 194 valence electrons. The number of unbranched alkanes of at least 4 members (excludes halogenated alkanes) is 1. The molecule has 35 heavy (non-hydrogen) atoms. The third kappa shape index (κ3) is 8.46. The molecule has 0 bridgehead atoms. The number of hydrogen-bond acceptors (Lipinski definition) is 5. The number of nitrogens with zero attached hydrogens (tertiary/aromatic N) is 1. The summed E-state index contributed by atoms with van der Waals surface area (Å²) >= 11 is 0. The lowest BCUT2D eigenvalue weighted by atomic mass is 10.1. The number of rotatable bonds is 8. The van der Waals surface area contributed by atoms with Gasteiger partial charge in [-0.1, -0.05) is 19.4 Å². The summed E-state index contributed by atoms with van der Waals surface area (Å²) in [5, 5.41) is 16.7. The van der Waals surface area contributed by atoms with Crippen LogP contribution in [0.5, 0.6) is 0 Å². The number of aliphatic carboxylic acids is 1. The van der Waals surface area contributed by atoms with Crippen LogP contribution in [0.3, 0.4) is 0 Å². The fraction of sp³-hybridized carbons (Fsp3) is 0.391. The Morgan fingerprint density at radius 1 is 1.00 bits per heavy atom. The van der Waals surface area contributed by atoms with Crippen molar-refractivity contribution in [3.8, 4) is 0 Å². The molecule has 0 amide bonds. The van der Waals surface area contributed by atoms with E-state index in [9.17, 15) is 31.5 Å². The lowest BCUT2D eigenvalue weighted by molar-refractivity contribution is -0.192. The predicted octanol–water partition coefficient (Wildman–Crippen LogP) is 4.98. The fourth-order valence-corrected chi connectivity index (χ4v) is 4.42. The Morgan fingerprint density at radius 3 is 2.03 bits per heavy atom. The largest absolute Gasteiger partial charge is 0.490 e. The number of anilines is 2. The van der Waals surface area contributed by atoms with Gasteiger partial charge in [-0.2, -0.15) is 13.2 Å². The number of carbonyl (C=O) groups is 2. The zero-order valence-electron chi connectivity index (χ0n) is 20.0. The van der Waals surface area contributed by atoms with E-state index >= 15 is 0 Å². The molecule has 0 fully saturated rings. The van der Waals surface area contributed by atoms with Crippen LogP contribution in [-0.2, 0) is 14.8 Å². The van der Waals surface area contributed by atoms with E-state index in [1.807, 2.05) is 31.9 Å². The number of carboxylic acids is 2. The first kappa shape index (κ1) is 29.8. The number of sulfonamides is 1. The van der Waals surface area contributed by atoms with Gasteiger partial charge in [0.05, 0.1) is 16.1 Å². The number of halogens is 3. The molecule has 0 saturated heterocycles. The molecule has 0 aliphatic carbocycles. The molecule has 2 aromatic rings. The standard InChI is InChI=1S/C21H28N2O4S.C2HF3O2/c1-6-7-10-23(5)19-9-8-17(13-18(19)21(24)25)22-28(26,27)20-12-15(3)14(2)11-16(20)4;3-2(4,5)1(6)7/h8-9,11-13,22H,6-7,10H2,1-5H3,(H,24,25);(H,6,7). The minimum absolute atomic E-state index is 0.0654. The Kier molecular flexibility index (Phi) is 10.1. The van der Waals surface area contributed by atoms with Crippen molar-refractivity contribution in [3.05, 3.63) is 52.6 Å². The highest BCUT2D eigenvalue weighted by Crippen LogP contribution is 2.27. The van der Waals surface area contributed by atoms with Crippen LogP contribution in [0.15, 0.2) is 35.2 Å². The maximum absolute atomic E-state index is 12.9. The van der Waals surface area contributed by atoms with E-state index in [4.69, 9.17) is 9.90 Å². The summed E-state index contributed by atoms with van der Waals surface area (Å²) in [5.41, 5.74) is 3.39. The van der Waals surface area contributed by atoms with Crippen molar-refractivity contribution < 1.29 is 41.4 Å². The Morgan fingerprint density at radius 2 is 1.54 bits per heavy atom. The normalized spacial score (nSPS) is 11.3. The molecular formula is C23H29F3N2O6S. The predicted molar refractivity (Wildman–Crippen MR) is 127 cm³/mol. The van der Waals surface area contributed by atoms with Gasteiger partial charge in [0.2, 0.25) is 0 Å². The molecule has 0 heterocycles. The minimum Gasteiger partial charge on any atom is -0.478 e. The Bertz CT molecular complexity index is 1180. The summed E-state index contributed by atoms with van der Waals surface area (Å²) in [4.78, 5) is 22.7. The van der Waals surface area contributed by atoms with Crippen molar-refractivity contribution in [1.29, 1.82) is 0 Å². The number of hydrogen-bond donors (Lipinski definition) is 3. The number of aromatic carboxylic acids is 1. The van der Waals surface area contributed by atoms with Crippen LogP contribution in [0.25, 0.3) is 0 Å². The van der Waals surface area contributed by atoms with Gasteiger partial charge in [0.1, 0.15) is 0 Å². The fourth-order valence-electron chi connectivity index (χ4n) is 3.05. The highest BCUT2D eigenvalue weighted by Gasteiger charge is 2.38. The average Bonchev–Trinajstić information content (AvgIpc) is 2.73. The molecule has 0 aliphatic heterocycles. The van der Waals surface area contributed by atoms with Crippen molar-refractivity contribution in [2.45, 2.75) is 51.6 Å². The molecule has 0 radical (unpaired) electrons. The molecule has 0 aliphatic rings. The topological polar surface area (TPSA) is 124 Å². The number of benzene rings is 2. The van der Waals surface area contributed by atoms with Gasteiger partial charge in [-0.3, -0.25) is 4.72 Å². The molecule has 0 aromatic heterocycles. The van der Waals surface area contributed by atoms with Crippen molar-refractivity contribution in [1.82, 2.24) is 0 Å². The smallest absolute Gasteiger partial charge is 0.478 e. The van der Waals surface area contributed by atoms with Gasteiger partial charge in [-0.25, -0.2) is 18.0 Å². The summed E-state index contributed by atoms with van der Waals surface area (Å²) in [5.74, 6) is -3.85. The van der Waals surface area contributed by atoms with E-state index in [1.54, 1.807) is 25.1 Å². The van der Waals surface area contributed by atoms with E-state index in [2.05, 4.69) is 11.6 Å². The summed E-state index contributed by atoms with van der Waals surface area (Å²) in [6, 6.07) is 8.08. The molecule has 8 nitrogen and oxygen atoms in total. The summed E-state index contributed by atoms with van der Waals surface area (Å²) in [6.45, 7) is 8.33. The van der Waals surface area contributed by atoms with E-state index in [1.165, 1.54) is 6.07 Å². The average molecular weight is 519 g/mol. The van der Waals surface area contributed by atoms with Crippen LogP contribution in [-0.4, -0.2) is 50.3 Å². The Labute approximate surface area is 202 Å². The van der Waals surface area contributed by atoms with E-state index in [0.717, 1.165) is 30.5 Å². The number of alkyl halides is 3. The lowest BCUT2D eigenvalue weighted by Crippen LogP contribution is -2.21. The summed E-state index contributed by atoms with van der Waals surface area (Å²) < 4.78 is 60.0. The van der Waals surface area contributed by atoms with Gasteiger partial charge in [0.25, 0.3) is 10.0 Å². The molecule has 2 aromatic carbocycles. The summed E-state index contributed by atoms with van der Waals surface area (Å²) in [6.07, 6.45) is -3.14. The van der Waals surface area contributed by atoms with Gasteiger partial charge in [0, 0.05) is 19.3 Å². The van der Waals surface area contributed by atoms with Crippen molar-refractivity contribution in [2.24, 2.45) is 0 Å². The van der Waals surface area contributed by atoms with Crippen LogP contribution < -0.4 is 9.62 Å². The highest BCUT2D eigenvalue weighted by molar-refractivity contribution is 7.92. The Balaban J connectivity index is 0.000000762. The first-order chi connectivity index (χ1) is 16.0. The van der Waals surface area contributed by atoms with Crippen molar-refractivity contribution >= 4 is 33.3 Å². The second kappa shape index (κ2) is 11.9. The first-order valence-electron chi connectivity index (χ1n) is 10.5. The van der Waals surface area contributed by atoms with Crippen molar-refractivity contribution in [2.75, 3.05) is 23.2 Å². The molecule has 12 heteroatoms. The zero-order chi connectivity index (χ0) is 27.1. The second-order valence-corrected chi connectivity index (χ2v) is 9.57. The molecule has 3 N–H and O–H groups in total. The van der Waals surface area contributed by atoms with Gasteiger partial charge in [-0.15, -0.1) is 0 Å². The van der Waals surface area contributed by atoms with Crippen LogP contribution in [0.1, 0.15) is 46.8 Å². The van der Waals surface area contributed by atoms with Crippen LogP contribution in [0.2, 0.25) is 0 Å². The monoisotopic (exact) mass is 518 g/mol. The number of nitrogens with one attached hydrogen (secondary N) is 1. The van der Waals surface area contributed by atoms with E-state index < -0.39 is 28.1 Å². The van der Waals surface area contributed by atoms with Gasteiger partial charge in [-0.05, 0) is 68.1 Å². The Hall–Kier alpha value is -3.28. The van der Waals surface area contributed by atoms with Gasteiger partial charge < -0.3 is 15.1 Å². The third-order valence-electron chi connectivity index (χ3n) is 5.06. The SMILES string of the molecule is CCCCN(C)c1ccc(NS(=O)(=O)c2cc(C)c(C)cc2C)cc1C(=O)O.O=C(O)C(F)(F)F. The lowest BCUT2D eigenvalue weighted by Gasteiger charge is -2.22. The minimum atomic E-state index is -5.08. The first-order valence-corrected chi connectivity index (χ1v) is 12.0. The summed E-state index contributed by atoms with van der Waals surface area (Å²) in [7, 11) is -2.00. The third-order valence-corrected chi connectivity index (χ3v) is 6.58. The molecule has 2 rings (SSSR count). The zero-order valence-corrected chi connectivity index (χ0v) is 20.8. The van der Waals surface area contributed by atoms with E-state index in [-0.39, 0.29) is 16.1 Å². The van der Waals surface area contributed by atoms with Crippen LogP contribution in [0.4, 0.5) is 24.5 Å². The molecule has 0 unspecified atom stereocenters. The van der Waals surface area contributed by atoms with E-state index in [0.29, 0.717) is 11.3 Å². The van der Waals surface area contributed by atoms with Gasteiger partial charge in [0.15, 0.2) is 0 Å². The van der Waals surface area contributed by atoms with Crippen LogP contribution >= 0.6 is 0 Å². The maximum atomic E-state index is 12.9. The molecule has 0 atom stereocenters. The van der Waals surface area contributed by atoms with Gasteiger partial charge >= 0.3 is 18.1 Å². The quantitative estimate of drug-likeness (QED) is 0.450. The number of carboxylic acid groups (broad SMARTS) is 2. The highest BCUT2D eigenvalue weighted by atomic mass is 32.2. The molecular weight excluding hydrogens is 489 g/mol. The maximum Gasteiger partial charge on any atom is 0.490 e. The molecule has 0 spiro atoms. The second-order valence-electron chi connectivity index (χ2n) is 7.92. The number of aryl methyl sites for hydroxylation is 3. The molecule has 0 saturated carbocycles.